The van der Waals surface area contributed by atoms with Crippen LogP contribution in [-0.4, -0.2) is 58.8 Å². The molecule has 0 radical (unpaired) electrons. The molecule has 0 atom stereocenters. The van der Waals surface area contributed by atoms with E-state index in [-0.39, 0.29) is 5.91 Å². The average Bonchev–Trinajstić information content (AvgIpc) is 2.66. The van der Waals surface area contributed by atoms with Crippen LogP contribution in [0.4, 0.5) is 5.69 Å². The third-order valence-corrected chi connectivity index (χ3v) is 3.25. The second-order valence-corrected chi connectivity index (χ2v) is 5.29. The molecule has 0 aliphatic carbocycles. The van der Waals surface area contributed by atoms with Gasteiger partial charge < -0.3 is 30.0 Å². The van der Waals surface area contributed by atoms with Gasteiger partial charge in [-0.15, -0.1) is 6.42 Å². The number of terminal acetylenes is 1. The van der Waals surface area contributed by atoms with E-state index in [1.54, 1.807) is 0 Å². The van der Waals surface area contributed by atoms with Crippen LogP contribution in [0.25, 0.3) is 0 Å². The first kappa shape index (κ1) is 22.1. The molecule has 0 aliphatic rings. The summed E-state index contributed by atoms with van der Waals surface area (Å²) in [6.45, 7) is 3.97. The minimum atomic E-state index is -0.0909. The number of anilines is 1. The molecule has 0 aromatic heterocycles. The van der Waals surface area contributed by atoms with Crippen molar-refractivity contribution in [3.63, 3.8) is 0 Å². The number of carbonyl (C=O) groups is 1. The Morgan fingerprint density at radius 1 is 0.923 bits per heavy atom. The van der Waals surface area contributed by atoms with Gasteiger partial charge >= 0.3 is 0 Å². The van der Waals surface area contributed by atoms with Gasteiger partial charge in [-0.1, -0.05) is 18.1 Å². The first-order chi connectivity index (χ1) is 12.8. The second kappa shape index (κ2) is 15.3. The quantitative estimate of drug-likeness (QED) is 0.359. The van der Waals surface area contributed by atoms with Gasteiger partial charge in [0, 0.05) is 12.2 Å². The zero-order valence-electron chi connectivity index (χ0n) is 15.1. The molecule has 0 saturated carbocycles. The topological polar surface area (TPSA) is 92.0 Å². The van der Waals surface area contributed by atoms with Crippen molar-refractivity contribution >= 4 is 11.6 Å². The smallest absolute Gasteiger partial charge is 0.226 e. The van der Waals surface area contributed by atoms with Crippen molar-refractivity contribution < 1.29 is 23.7 Å². The maximum Gasteiger partial charge on any atom is 0.226 e. The Hall–Kier alpha value is -1.95. The van der Waals surface area contributed by atoms with Gasteiger partial charge in [-0.3, -0.25) is 4.79 Å². The SMILES string of the molecule is C#CCOCCOCCOCCOCCC(=O)Nc1ccc(CN)cc1. The Bertz CT molecular complexity index is 528. The van der Waals surface area contributed by atoms with Crippen molar-refractivity contribution in [3.8, 4) is 12.3 Å². The molecule has 144 valence electrons. The van der Waals surface area contributed by atoms with E-state index in [9.17, 15) is 4.79 Å². The van der Waals surface area contributed by atoms with E-state index in [4.69, 9.17) is 31.1 Å². The lowest BCUT2D eigenvalue weighted by atomic mass is 10.2. The maximum absolute atomic E-state index is 11.8. The number of benzene rings is 1. The van der Waals surface area contributed by atoms with Gasteiger partial charge in [-0.25, -0.2) is 0 Å². The standard InChI is InChI=1S/C19H28N2O5/c1-2-8-23-10-12-25-14-15-26-13-11-24-9-7-19(22)21-18-5-3-17(16-20)4-6-18/h1,3-6H,7-16,20H2,(H,21,22). The number of hydrogen-bond acceptors (Lipinski definition) is 6. The molecule has 0 heterocycles. The molecule has 0 aliphatic heterocycles. The third-order valence-electron chi connectivity index (χ3n) is 3.25. The van der Waals surface area contributed by atoms with Crippen LogP contribution in [0.1, 0.15) is 12.0 Å². The van der Waals surface area contributed by atoms with Crippen LogP contribution in [0.5, 0.6) is 0 Å². The molecular weight excluding hydrogens is 336 g/mol. The highest BCUT2D eigenvalue weighted by atomic mass is 16.6. The summed E-state index contributed by atoms with van der Waals surface area (Å²) in [6, 6.07) is 7.44. The highest BCUT2D eigenvalue weighted by Crippen LogP contribution is 2.09. The normalized spacial score (nSPS) is 10.5. The van der Waals surface area contributed by atoms with E-state index < -0.39 is 0 Å². The average molecular weight is 364 g/mol. The summed E-state index contributed by atoms with van der Waals surface area (Å²) >= 11 is 0. The van der Waals surface area contributed by atoms with Gasteiger partial charge in [0.1, 0.15) is 6.61 Å². The van der Waals surface area contributed by atoms with Gasteiger partial charge in [-0.05, 0) is 17.7 Å². The number of rotatable bonds is 15. The predicted octanol–water partition coefficient (Wildman–Crippen LogP) is 1.17. The molecule has 0 spiro atoms. The van der Waals surface area contributed by atoms with Crippen molar-refractivity contribution in [2.75, 3.05) is 58.2 Å². The Balaban J connectivity index is 1.89. The fourth-order valence-electron chi connectivity index (χ4n) is 1.90. The van der Waals surface area contributed by atoms with E-state index in [0.717, 1.165) is 11.3 Å². The van der Waals surface area contributed by atoms with Crippen molar-refractivity contribution in [2.45, 2.75) is 13.0 Å². The van der Waals surface area contributed by atoms with E-state index in [1.807, 2.05) is 24.3 Å². The van der Waals surface area contributed by atoms with Crippen LogP contribution >= 0.6 is 0 Å². The van der Waals surface area contributed by atoms with E-state index in [2.05, 4.69) is 11.2 Å². The fourth-order valence-corrected chi connectivity index (χ4v) is 1.90. The van der Waals surface area contributed by atoms with Gasteiger partial charge in [0.05, 0.1) is 52.7 Å². The van der Waals surface area contributed by atoms with Crippen molar-refractivity contribution in [3.05, 3.63) is 29.8 Å². The summed E-state index contributed by atoms with van der Waals surface area (Å²) in [5, 5.41) is 2.81. The first-order valence-corrected chi connectivity index (χ1v) is 8.59. The molecule has 26 heavy (non-hydrogen) atoms. The molecule has 7 heteroatoms. The lowest BCUT2D eigenvalue weighted by Crippen LogP contribution is -2.16. The Labute approximate surface area is 155 Å². The monoisotopic (exact) mass is 364 g/mol. The summed E-state index contributed by atoms with van der Waals surface area (Å²) in [5.74, 6) is 2.29. The molecular formula is C19H28N2O5. The van der Waals surface area contributed by atoms with Crippen LogP contribution < -0.4 is 11.1 Å². The Morgan fingerprint density at radius 2 is 1.46 bits per heavy atom. The molecule has 0 unspecified atom stereocenters. The summed E-state index contributed by atoms with van der Waals surface area (Å²) in [7, 11) is 0. The minimum Gasteiger partial charge on any atom is -0.379 e. The summed E-state index contributed by atoms with van der Waals surface area (Å²) in [5.41, 5.74) is 7.30. The van der Waals surface area contributed by atoms with Gasteiger partial charge in [0.2, 0.25) is 5.91 Å². The Kier molecular flexibility index (Phi) is 13.0. The van der Waals surface area contributed by atoms with Crippen LogP contribution in [0, 0.1) is 12.3 Å². The minimum absolute atomic E-state index is 0.0909. The van der Waals surface area contributed by atoms with Gasteiger partial charge in [0.25, 0.3) is 0 Å². The third kappa shape index (κ3) is 11.6. The van der Waals surface area contributed by atoms with E-state index in [0.29, 0.717) is 65.8 Å². The zero-order chi connectivity index (χ0) is 18.9. The molecule has 0 fully saturated rings. The summed E-state index contributed by atoms with van der Waals surface area (Å²) in [4.78, 5) is 11.8. The second-order valence-electron chi connectivity index (χ2n) is 5.29. The molecule has 3 N–H and O–H groups in total. The van der Waals surface area contributed by atoms with Crippen molar-refractivity contribution in [1.29, 1.82) is 0 Å². The highest BCUT2D eigenvalue weighted by Gasteiger charge is 2.02. The number of nitrogens with two attached hydrogens (primary N) is 1. The van der Waals surface area contributed by atoms with E-state index in [1.165, 1.54) is 0 Å². The van der Waals surface area contributed by atoms with Crippen molar-refractivity contribution in [1.82, 2.24) is 0 Å². The molecule has 1 rings (SSSR count). The summed E-state index contributed by atoms with van der Waals surface area (Å²) in [6.07, 6.45) is 5.34. The van der Waals surface area contributed by atoms with Crippen LogP contribution in [0.2, 0.25) is 0 Å². The van der Waals surface area contributed by atoms with Gasteiger partial charge in [0.15, 0.2) is 0 Å². The largest absolute Gasteiger partial charge is 0.379 e. The number of amides is 1. The van der Waals surface area contributed by atoms with Crippen LogP contribution in [-0.2, 0) is 30.3 Å². The predicted molar refractivity (Wildman–Crippen MR) is 99.7 cm³/mol. The molecule has 0 saturated heterocycles. The molecule has 1 aromatic carbocycles. The zero-order valence-corrected chi connectivity index (χ0v) is 15.1. The first-order valence-electron chi connectivity index (χ1n) is 8.59. The fraction of sp³-hybridized carbons (Fsp3) is 0.526. The van der Waals surface area contributed by atoms with Crippen LogP contribution in [0.15, 0.2) is 24.3 Å². The van der Waals surface area contributed by atoms with E-state index >= 15 is 0 Å². The summed E-state index contributed by atoms with van der Waals surface area (Å²) < 4.78 is 21.1. The Morgan fingerprint density at radius 3 is 2.00 bits per heavy atom. The number of hydrogen-bond donors (Lipinski definition) is 2. The molecule has 1 aromatic rings. The lowest BCUT2D eigenvalue weighted by molar-refractivity contribution is -0.117. The highest BCUT2D eigenvalue weighted by molar-refractivity contribution is 5.90. The maximum atomic E-state index is 11.8. The van der Waals surface area contributed by atoms with Gasteiger partial charge in [-0.2, -0.15) is 0 Å². The number of nitrogens with one attached hydrogen (secondary N) is 1. The van der Waals surface area contributed by atoms with Crippen molar-refractivity contribution in [2.24, 2.45) is 5.73 Å². The number of carbonyl (C=O) groups excluding carboxylic acids is 1. The molecule has 1 amide bonds. The van der Waals surface area contributed by atoms with Crippen LogP contribution in [0.3, 0.4) is 0 Å². The lowest BCUT2D eigenvalue weighted by Gasteiger charge is -2.08. The molecule has 7 nitrogen and oxygen atoms in total. The molecule has 0 bridgehead atoms. The number of ether oxygens (including phenoxy) is 4.